The third-order valence-electron chi connectivity index (χ3n) is 4.12. The summed E-state index contributed by atoms with van der Waals surface area (Å²) in [5, 5.41) is 3.13. The maximum absolute atomic E-state index is 4.86. The number of nitrogens with zero attached hydrogens (tertiary/aromatic N) is 4. The molecular formula is C20H18N4S. The molecule has 3 heterocycles. The van der Waals surface area contributed by atoms with E-state index in [0.29, 0.717) is 0 Å². The van der Waals surface area contributed by atoms with Crippen molar-refractivity contribution < 1.29 is 0 Å². The number of anilines is 1. The third-order valence-corrected chi connectivity index (χ3v) is 4.98. The highest BCUT2D eigenvalue weighted by atomic mass is 32.1. The summed E-state index contributed by atoms with van der Waals surface area (Å²) in [5.74, 6) is 1.75. The van der Waals surface area contributed by atoms with Gasteiger partial charge in [-0.25, -0.2) is 9.97 Å². The minimum Gasteiger partial charge on any atom is -0.359 e. The van der Waals surface area contributed by atoms with Crippen LogP contribution in [0.5, 0.6) is 0 Å². The highest BCUT2D eigenvalue weighted by Crippen LogP contribution is 2.29. The van der Waals surface area contributed by atoms with Crippen molar-refractivity contribution in [2.45, 2.75) is 6.42 Å². The molecule has 4 rings (SSSR count). The first-order chi connectivity index (χ1) is 12.3. The number of hydrogen-bond donors (Lipinski definition) is 0. The summed E-state index contributed by atoms with van der Waals surface area (Å²) in [6.45, 7) is 0.849. The topological polar surface area (TPSA) is 41.9 Å². The molecule has 25 heavy (non-hydrogen) atoms. The smallest absolute Gasteiger partial charge is 0.172 e. The molecule has 0 N–H and O–H groups in total. The van der Waals surface area contributed by atoms with Gasteiger partial charge in [0, 0.05) is 37.3 Å². The molecule has 0 radical (unpaired) electrons. The van der Waals surface area contributed by atoms with Gasteiger partial charge in [-0.05, 0) is 35.7 Å². The van der Waals surface area contributed by atoms with E-state index in [4.69, 9.17) is 9.97 Å². The summed E-state index contributed by atoms with van der Waals surface area (Å²) in [7, 11) is 2.08. The first kappa shape index (κ1) is 15.7. The van der Waals surface area contributed by atoms with Crippen molar-refractivity contribution in [3.63, 3.8) is 0 Å². The molecular weight excluding hydrogens is 328 g/mol. The number of rotatable bonds is 5. The number of para-hydroxylation sites is 1. The number of thiophene rings is 1. The number of fused-ring (bicyclic) bond motifs is 1. The first-order valence-electron chi connectivity index (χ1n) is 8.23. The van der Waals surface area contributed by atoms with Crippen molar-refractivity contribution in [3.8, 4) is 10.7 Å². The van der Waals surface area contributed by atoms with Gasteiger partial charge in [0.15, 0.2) is 5.82 Å². The fourth-order valence-corrected chi connectivity index (χ4v) is 3.46. The van der Waals surface area contributed by atoms with Crippen molar-refractivity contribution in [3.05, 3.63) is 71.9 Å². The van der Waals surface area contributed by atoms with Crippen LogP contribution in [0, 0.1) is 0 Å². The Bertz CT molecular complexity index is 968. The van der Waals surface area contributed by atoms with Crippen LogP contribution in [0.4, 0.5) is 5.82 Å². The van der Waals surface area contributed by atoms with Crippen LogP contribution in [0.1, 0.15) is 5.69 Å². The average Bonchev–Trinajstić information content (AvgIpc) is 3.21. The van der Waals surface area contributed by atoms with Gasteiger partial charge in [0.2, 0.25) is 0 Å². The molecule has 124 valence electrons. The van der Waals surface area contributed by atoms with Crippen molar-refractivity contribution >= 4 is 28.1 Å². The maximum Gasteiger partial charge on any atom is 0.172 e. The molecule has 4 aromatic rings. The van der Waals surface area contributed by atoms with E-state index in [9.17, 15) is 0 Å². The van der Waals surface area contributed by atoms with Crippen LogP contribution in [0.2, 0.25) is 0 Å². The summed E-state index contributed by atoms with van der Waals surface area (Å²) < 4.78 is 0. The third kappa shape index (κ3) is 3.37. The standard InChI is InChI=1S/C20H18N4S/c1-24(13-11-15-7-4-5-12-21-15)20-16-8-2-3-9-17(16)22-19(23-20)18-10-6-14-25-18/h2-10,12,14H,11,13H2,1H3. The van der Waals surface area contributed by atoms with Crippen molar-refractivity contribution in [1.82, 2.24) is 15.0 Å². The lowest BCUT2D eigenvalue weighted by Gasteiger charge is -2.20. The monoisotopic (exact) mass is 346 g/mol. The fraction of sp³-hybridized carbons (Fsp3) is 0.150. The number of pyridine rings is 1. The highest BCUT2D eigenvalue weighted by molar-refractivity contribution is 7.13. The Hall–Kier alpha value is -2.79. The minimum absolute atomic E-state index is 0.786. The lowest BCUT2D eigenvalue weighted by Crippen LogP contribution is -2.22. The number of benzene rings is 1. The van der Waals surface area contributed by atoms with Gasteiger partial charge < -0.3 is 4.90 Å². The van der Waals surface area contributed by atoms with E-state index in [0.717, 1.165) is 46.1 Å². The van der Waals surface area contributed by atoms with Crippen LogP contribution < -0.4 is 4.90 Å². The Labute approximate surface area is 150 Å². The molecule has 0 bridgehead atoms. The Kier molecular flexibility index (Phi) is 4.39. The average molecular weight is 346 g/mol. The van der Waals surface area contributed by atoms with Gasteiger partial charge in [-0.1, -0.05) is 24.3 Å². The van der Waals surface area contributed by atoms with Gasteiger partial charge in [0.25, 0.3) is 0 Å². The molecule has 3 aromatic heterocycles. The molecule has 0 aliphatic rings. The van der Waals surface area contributed by atoms with E-state index < -0.39 is 0 Å². The second-order valence-corrected chi connectivity index (χ2v) is 6.81. The summed E-state index contributed by atoms with van der Waals surface area (Å²) in [6, 6.07) is 18.3. The van der Waals surface area contributed by atoms with E-state index in [-0.39, 0.29) is 0 Å². The zero-order valence-electron chi connectivity index (χ0n) is 14.0. The van der Waals surface area contributed by atoms with Crippen LogP contribution in [0.25, 0.3) is 21.6 Å². The second kappa shape index (κ2) is 6.99. The molecule has 4 nitrogen and oxygen atoms in total. The maximum atomic E-state index is 4.86. The van der Waals surface area contributed by atoms with Crippen molar-refractivity contribution in [1.29, 1.82) is 0 Å². The first-order valence-corrected chi connectivity index (χ1v) is 9.11. The summed E-state index contributed by atoms with van der Waals surface area (Å²) in [4.78, 5) is 17.3. The molecule has 0 unspecified atom stereocenters. The molecule has 0 saturated heterocycles. The number of aromatic nitrogens is 3. The Morgan fingerprint density at radius 2 is 1.84 bits per heavy atom. The molecule has 5 heteroatoms. The molecule has 0 saturated carbocycles. The van der Waals surface area contributed by atoms with E-state index >= 15 is 0 Å². The van der Waals surface area contributed by atoms with E-state index in [1.165, 1.54) is 0 Å². The predicted molar refractivity (Wildman–Crippen MR) is 104 cm³/mol. The number of likely N-dealkylation sites (N-methyl/N-ethyl adjacent to an activating group) is 1. The highest BCUT2D eigenvalue weighted by Gasteiger charge is 2.13. The van der Waals surface area contributed by atoms with Gasteiger partial charge in [0.05, 0.1) is 10.4 Å². The van der Waals surface area contributed by atoms with Crippen molar-refractivity contribution in [2.24, 2.45) is 0 Å². The predicted octanol–water partition coefficient (Wildman–Crippen LogP) is 4.43. The van der Waals surface area contributed by atoms with E-state index in [2.05, 4.69) is 40.5 Å². The van der Waals surface area contributed by atoms with Crippen LogP contribution in [-0.2, 0) is 6.42 Å². The van der Waals surface area contributed by atoms with Crippen molar-refractivity contribution in [2.75, 3.05) is 18.5 Å². The van der Waals surface area contributed by atoms with E-state index in [1.54, 1.807) is 11.3 Å². The normalized spacial score (nSPS) is 10.9. The molecule has 0 atom stereocenters. The van der Waals surface area contributed by atoms with Gasteiger partial charge in [-0.15, -0.1) is 11.3 Å². The van der Waals surface area contributed by atoms with Crippen LogP contribution in [0.3, 0.4) is 0 Å². The lowest BCUT2D eigenvalue weighted by atomic mass is 10.2. The SMILES string of the molecule is CN(CCc1ccccn1)c1nc(-c2cccs2)nc2ccccc12. The van der Waals surface area contributed by atoms with Gasteiger partial charge >= 0.3 is 0 Å². The zero-order valence-corrected chi connectivity index (χ0v) is 14.8. The molecule has 0 aliphatic heterocycles. The quantitative estimate of drug-likeness (QED) is 0.536. The molecule has 1 aromatic carbocycles. The fourth-order valence-electron chi connectivity index (χ4n) is 2.80. The summed E-state index contributed by atoms with van der Waals surface area (Å²) in [5.41, 5.74) is 2.06. The minimum atomic E-state index is 0.786. The zero-order chi connectivity index (χ0) is 17.1. The second-order valence-electron chi connectivity index (χ2n) is 5.86. The van der Waals surface area contributed by atoms with E-state index in [1.807, 2.05) is 42.6 Å². The largest absolute Gasteiger partial charge is 0.359 e. The van der Waals surface area contributed by atoms with Crippen LogP contribution >= 0.6 is 11.3 Å². The molecule has 0 fully saturated rings. The Balaban J connectivity index is 1.69. The van der Waals surface area contributed by atoms with Gasteiger partial charge in [-0.2, -0.15) is 0 Å². The lowest BCUT2D eigenvalue weighted by molar-refractivity contribution is 0.842. The Morgan fingerprint density at radius 1 is 0.960 bits per heavy atom. The van der Waals surface area contributed by atoms with Crippen LogP contribution in [-0.4, -0.2) is 28.5 Å². The molecule has 0 aliphatic carbocycles. The molecule has 0 spiro atoms. The van der Waals surface area contributed by atoms with Crippen LogP contribution in [0.15, 0.2) is 66.2 Å². The van der Waals surface area contributed by atoms with Gasteiger partial charge in [-0.3, -0.25) is 4.98 Å². The molecule has 0 amide bonds. The Morgan fingerprint density at radius 3 is 2.64 bits per heavy atom. The van der Waals surface area contributed by atoms with Gasteiger partial charge in [0.1, 0.15) is 5.82 Å². The summed E-state index contributed by atoms with van der Waals surface area (Å²) >= 11 is 1.66. The summed E-state index contributed by atoms with van der Waals surface area (Å²) in [6.07, 6.45) is 2.72. The number of hydrogen-bond acceptors (Lipinski definition) is 5.